The molecule has 184 valence electrons. The first-order chi connectivity index (χ1) is 17.0. The number of anilines is 1. The summed E-state index contributed by atoms with van der Waals surface area (Å²) >= 11 is 0. The molecule has 1 atom stereocenters. The minimum Gasteiger partial charge on any atom is -0.494 e. The zero-order valence-corrected chi connectivity index (χ0v) is 19.9. The lowest BCUT2D eigenvalue weighted by Gasteiger charge is -2.37. The van der Waals surface area contributed by atoms with Crippen molar-refractivity contribution >= 4 is 11.7 Å². The lowest BCUT2D eigenvalue weighted by atomic mass is 9.90. The summed E-state index contributed by atoms with van der Waals surface area (Å²) in [6.07, 6.45) is 2.25. The van der Waals surface area contributed by atoms with Crippen molar-refractivity contribution in [3.8, 4) is 5.75 Å². The molecule has 3 aromatic carbocycles. The quantitative estimate of drug-likeness (QED) is 0.396. The summed E-state index contributed by atoms with van der Waals surface area (Å²) in [5.74, 6) is 0.234. The van der Waals surface area contributed by atoms with Crippen LogP contribution in [0.4, 0.5) is 19.3 Å². The molecule has 0 aromatic heterocycles. The van der Waals surface area contributed by atoms with E-state index in [1.165, 1.54) is 18.2 Å². The number of carbonyl (C=O) groups excluding carboxylic acids is 1. The Morgan fingerprint density at radius 2 is 1.83 bits per heavy atom. The van der Waals surface area contributed by atoms with Gasteiger partial charge >= 0.3 is 6.03 Å². The van der Waals surface area contributed by atoms with Crippen LogP contribution in [0.5, 0.6) is 5.75 Å². The first-order valence-corrected chi connectivity index (χ1v) is 12.0. The molecule has 0 spiro atoms. The predicted octanol–water partition coefficient (Wildman–Crippen LogP) is 5.54. The Bertz CT molecular complexity index is 1140. The number of hydrogen-bond donors (Lipinski definition) is 2. The lowest BCUT2D eigenvalue weighted by Crippen LogP contribution is -2.43. The van der Waals surface area contributed by atoms with Crippen LogP contribution >= 0.6 is 0 Å². The van der Waals surface area contributed by atoms with E-state index >= 15 is 0 Å². The van der Waals surface area contributed by atoms with Gasteiger partial charge in [-0.1, -0.05) is 24.3 Å². The third kappa shape index (κ3) is 7.02. The molecule has 0 aliphatic carbocycles. The maximum atomic E-state index is 13.8. The van der Waals surface area contributed by atoms with Crippen LogP contribution in [0.1, 0.15) is 30.0 Å². The van der Waals surface area contributed by atoms with Gasteiger partial charge in [0.25, 0.3) is 0 Å². The smallest absolute Gasteiger partial charge is 0.319 e. The molecule has 1 heterocycles. The van der Waals surface area contributed by atoms with E-state index in [9.17, 15) is 13.6 Å². The first-order valence-electron chi connectivity index (χ1n) is 12.0. The Morgan fingerprint density at radius 3 is 2.63 bits per heavy atom. The molecule has 2 amide bonds. The fraction of sp³-hybridized carbons (Fsp3) is 0.321. The Morgan fingerprint density at radius 1 is 1.03 bits per heavy atom. The highest BCUT2D eigenvalue weighted by atomic mass is 19.1. The Hall–Kier alpha value is -3.45. The van der Waals surface area contributed by atoms with Crippen LogP contribution in [0, 0.1) is 11.6 Å². The number of fused-ring (bicyclic) bond motifs is 1. The van der Waals surface area contributed by atoms with E-state index in [4.69, 9.17) is 4.74 Å². The number of carbonyl (C=O) groups is 1. The molecule has 35 heavy (non-hydrogen) atoms. The highest BCUT2D eigenvalue weighted by Gasteiger charge is 2.26. The summed E-state index contributed by atoms with van der Waals surface area (Å²) in [4.78, 5) is 14.7. The highest BCUT2D eigenvalue weighted by molar-refractivity contribution is 5.89. The van der Waals surface area contributed by atoms with Gasteiger partial charge in [-0.15, -0.1) is 0 Å². The molecule has 0 saturated heterocycles. The maximum Gasteiger partial charge on any atom is 0.319 e. The van der Waals surface area contributed by atoms with Gasteiger partial charge < -0.3 is 15.4 Å². The molecular formula is C28H31F2N3O2. The molecule has 1 unspecified atom stereocenters. The molecule has 1 aliphatic heterocycles. The van der Waals surface area contributed by atoms with E-state index in [0.29, 0.717) is 24.6 Å². The molecule has 3 aromatic rings. The summed E-state index contributed by atoms with van der Waals surface area (Å²) in [7, 11) is 0. The van der Waals surface area contributed by atoms with Crippen molar-refractivity contribution in [2.24, 2.45) is 0 Å². The van der Waals surface area contributed by atoms with Gasteiger partial charge in [0, 0.05) is 37.4 Å². The van der Waals surface area contributed by atoms with E-state index < -0.39 is 0 Å². The Kier molecular flexibility index (Phi) is 8.32. The van der Waals surface area contributed by atoms with Crippen LogP contribution < -0.4 is 15.4 Å². The fourth-order valence-corrected chi connectivity index (χ4v) is 4.51. The van der Waals surface area contributed by atoms with Crippen LogP contribution in [-0.4, -0.2) is 36.7 Å². The second-order valence-electron chi connectivity index (χ2n) is 8.77. The van der Waals surface area contributed by atoms with Crippen LogP contribution in [0.3, 0.4) is 0 Å². The monoisotopic (exact) mass is 479 g/mol. The average Bonchev–Trinajstić information content (AvgIpc) is 2.84. The number of halogens is 2. The van der Waals surface area contributed by atoms with Crippen molar-refractivity contribution in [3.05, 3.63) is 95.1 Å². The first kappa shape index (κ1) is 24.7. The SMILES string of the molecule is CCOc1cccc(NC(=O)NCCCN2Cc3ccc(F)cc3CC2Cc2ccc(F)cc2)c1. The van der Waals surface area contributed by atoms with E-state index in [1.54, 1.807) is 24.3 Å². The Labute approximate surface area is 205 Å². The highest BCUT2D eigenvalue weighted by Crippen LogP contribution is 2.26. The predicted molar refractivity (Wildman–Crippen MR) is 134 cm³/mol. The van der Waals surface area contributed by atoms with Crippen molar-refractivity contribution in [2.45, 2.75) is 38.8 Å². The molecule has 5 nitrogen and oxygen atoms in total. The number of hydrogen-bond acceptors (Lipinski definition) is 3. The zero-order valence-electron chi connectivity index (χ0n) is 19.9. The van der Waals surface area contributed by atoms with E-state index in [2.05, 4.69) is 15.5 Å². The molecule has 0 saturated carbocycles. The number of rotatable bonds is 9. The van der Waals surface area contributed by atoms with Crippen LogP contribution in [0.15, 0.2) is 66.7 Å². The number of nitrogens with zero attached hydrogens (tertiary/aromatic N) is 1. The van der Waals surface area contributed by atoms with Gasteiger partial charge in [0.05, 0.1) is 6.61 Å². The second-order valence-corrected chi connectivity index (χ2v) is 8.77. The molecular weight excluding hydrogens is 448 g/mol. The topological polar surface area (TPSA) is 53.6 Å². The van der Waals surface area contributed by atoms with Crippen molar-refractivity contribution in [1.82, 2.24) is 10.2 Å². The molecule has 0 radical (unpaired) electrons. The molecule has 4 rings (SSSR count). The number of benzene rings is 3. The van der Waals surface area contributed by atoms with Gasteiger partial charge in [0.2, 0.25) is 0 Å². The summed E-state index contributed by atoms with van der Waals surface area (Å²) in [5, 5.41) is 5.74. The zero-order chi connectivity index (χ0) is 24.6. The minimum absolute atomic E-state index is 0.171. The standard InChI is InChI=1S/C28H31F2N3O2/c1-2-35-27-6-3-5-25(18-27)32-28(34)31-13-4-14-33-19-21-9-12-24(30)16-22(21)17-26(33)15-20-7-10-23(29)11-8-20/h3,5-12,16,18,26H,2,4,13-15,17,19H2,1H3,(H2,31,32,34). The van der Waals surface area contributed by atoms with Crippen LogP contribution in [0.25, 0.3) is 0 Å². The van der Waals surface area contributed by atoms with Crippen molar-refractivity contribution in [2.75, 3.05) is 25.0 Å². The van der Waals surface area contributed by atoms with Crippen molar-refractivity contribution in [1.29, 1.82) is 0 Å². The summed E-state index contributed by atoms with van der Waals surface area (Å²) in [5.41, 5.74) is 3.88. The summed E-state index contributed by atoms with van der Waals surface area (Å²) < 4.78 is 32.6. The summed E-state index contributed by atoms with van der Waals surface area (Å²) in [6, 6.07) is 18.7. The number of amides is 2. The third-order valence-corrected chi connectivity index (χ3v) is 6.21. The summed E-state index contributed by atoms with van der Waals surface area (Å²) in [6.45, 7) is 4.50. The van der Waals surface area contributed by atoms with Crippen LogP contribution in [-0.2, 0) is 19.4 Å². The molecule has 0 fully saturated rings. The van der Waals surface area contributed by atoms with E-state index in [0.717, 1.165) is 49.0 Å². The molecule has 1 aliphatic rings. The number of ether oxygens (including phenoxy) is 1. The maximum absolute atomic E-state index is 13.8. The number of nitrogens with one attached hydrogen (secondary N) is 2. The molecule has 0 bridgehead atoms. The third-order valence-electron chi connectivity index (χ3n) is 6.21. The average molecular weight is 480 g/mol. The van der Waals surface area contributed by atoms with Gasteiger partial charge in [0.1, 0.15) is 17.4 Å². The van der Waals surface area contributed by atoms with Crippen LogP contribution in [0.2, 0.25) is 0 Å². The minimum atomic E-state index is -0.263. The molecule has 2 N–H and O–H groups in total. The van der Waals surface area contributed by atoms with E-state index in [-0.39, 0.29) is 23.7 Å². The Balaban J connectivity index is 1.32. The lowest BCUT2D eigenvalue weighted by molar-refractivity contribution is 0.167. The fourth-order valence-electron chi connectivity index (χ4n) is 4.51. The van der Waals surface area contributed by atoms with Crippen molar-refractivity contribution in [3.63, 3.8) is 0 Å². The second kappa shape index (κ2) is 11.8. The van der Waals surface area contributed by atoms with Gasteiger partial charge in [0.15, 0.2) is 0 Å². The normalized spacial score (nSPS) is 15.3. The number of urea groups is 1. The van der Waals surface area contributed by atoms with E-state index in [1.807, 2.05) is 31.2 Å². The van der Waals surface area contributed by atoms with Gasteiger partial charge in [-0.05, 0) is 79.3 Å². The van der Waals surface area contributed by atoms with Gasteiger partial charge in [-0.2, -0.15) is 0 Å². The van der Waals surface area contributed by atoms with Crippen molar-refractivity contribution < 1.29 is 18.3 Å². The molecule has 7 heteroatoms. The largest absolute Gasteiger partial charge is 0.494 e. The van der Waals surface area contributed by atoms with Gasteiger partial charge in [-0.25, -0.2) is 13.6 Å². The van der Waals surface area contributed by atoms with Gasteiger partial charge in [-0.3, -0.25) is 4.90 Å².